The Morgan fingerprint density at radius 1 is 1.17 bits per heavy atom. The standard InChI is InChI=1S/C16H26N4O2S/c1-16(6-7-18-12-16)13-19-8-10-20(11-9-19)14-2-4-15(5-3-14)23(17,21)22/h2-5,18H,6-13H2,1H3,(H2,17,21,22). The van der Waals surface area contributed by atoms with E-state index in [-0.39, 0.29) is 4.90 Å². The van der Waals surface area contributed by atoms with E-state index in [9.17, 15) is 8.42 Å². The first-order valence-electron chi connectivity index (χ1n) is 8.17. The van der Waals surface area contributed by atoms with Crippen LogP contribution in [0.25, 0.3) is 0 Å². The second-order valence-electron chi connectivity index (χ2n) is 7.04. The van der Waals surface area contributed by atoms with Crippen LogP contribution in [-0.2, 0) is 10.0 Å². The lowest BCUT2D eigenvalue weighted by molar-refractivity contribution is 0.169. The Kier molecular flexibility index (Phi) is 4.64. The minimum atomic E-state index is -3.61. The minimum Gasteiger partial charge on any atom is -0.369 e. The molecule has 0 saturated carbocycles. The summed E-state index contributed by atoms with van der Waals surface area (Å²) in [4.78, 5) is 5.02. The molecule has 3 rings (SSSR count). The third-order valence-electron chi connectivity index (χ3n) is 4.97. The van der Waals surface area contributed by atoms with E-state index in [1.807, 2.05) is 12.1 Å². The number of nitrogens with two attached hydrogens (primary N) is 1. The molecule has 0 bridgehead atoms. The Hall–Kier alpha value is -1.15. The molecule has 3 N–H and O–H groups in total. The minimum absolute atomic E-state index is 0.168. The smallest absolute Gasteiger partial charge is 0.238 e. The lowest BCUT2D eigenvalue weighted by Gasteiger charge is -2.39. The van der Waals surface area contributed by atoms with Gasteiger partial charge in [-0.05, 0) is 42.6 Å². The molecule has 0 radical (unpaired) electrons. The van der Waals surface area contributed by atoms with Gasteiger partial charge in [-0.3, -0.25) is 4.90 Å². The summed E-state index contributed by atoms with van der Waals surface area (Å²) in [6.07, 6.45) is 1.25. The third kappa shape index (κ3) is 4.03. The van der Waals surface area contributed by atoms with Crippen LogP contribution in [0, 0.1) is 5.41 Å². The number of rotatable bonds is 4. The number of hydrogen-bond acceptors (Lipinski definition) is 5. The van der Waals surface area contributed by atoms with Gasteiger partial charge in [-0.1, -0.05) is 6.92 Å². The SMILES string of the molecule is CC1(CN2CCN(c3ccc(S(N)(=O)=O)cc3)CC2)CCNC1. The van der Waals surface area contributed by atoms with E-state index < -0.39 is 10.0 Å². The zero-order chi connectivity index (χ0) is 16.5. The molecule has 1 unspecified atom stereocenters. The van der Waals surface area contributed by atoms with Gasteiger partial charge in [0.25, 0.3) is 0 Å². The molecule has 0 amide bonds. The highest BCUT2D eigenvalue weighted by Crippen LogP contribution is 2.27. The first-order chi connectivity index (χ1) is 10.9. The van der Waals surface area contributed by atoms with Gasteiger partial charge < -0.3 is 10.2 Å². The maximum absolute atomic E-state index is 11.3. The number of sulfonamides is 1. The molecule has 2 fully saturated rings. The van der Waals surface area contributed by atoms with Gasteiger partial charge in [-0.2, -0.15) is 0 Å². The van der Waals surface area contributed by atoms with E-state index in [1.54, 1.807) is 12.1 Å². The van der Waals surface area contributed by atoms with Gasteiger partial charge in [0.2, 0.25) is 10.0 Å². The molecule has 7 heteroatoms. The number of piperazine rings is 1. The van der Waals surface area contributed by atoms with E-state index in [2.05, 4.69) is 22.0 Å². The van der Waals surface area contributed by atoms with Crippen LogP contribution >= 0.6 is 0 Å². The average molecular weight is 338 g/mol. The summed E-state index contributed by atoms with van der Waals surface area (Å²) >= 11 is 0. The Bertz CT molecular complexity index is 631. The van der Waals surface area contributed by atoms with Crippen molar-refractivity contribution in [1.29, 1.82) is 0 Å². The molecule has 2 saturated heterocycles. The zero-order valence-electron chi connectivity index (χ0n) is 13.7. The van der Waals surface area contributed by atoms with Gasteiger partial charge in [0, 0.05) is 45.0 Å². The summed E-state index contributed by atoms with van der Waals surface area (Å²) in [5.41, 5.74) is 1.46. The first kappa shape index (κ1) is 16.7. The number of nitrogens with zero attached hydrogens (tertiary/aromatic N) is 2. The van der Waals surface area contributed by atoms with Crippen LogP contribution in [0.3, 0.4) is 0 Å². The lowest BCUT2D eigenvalue weighted by atomic mass is 9.89. The van der Waals surface area contributed by atoms with Crippen molar-refractivity contribution in [3.8, 4) is 0 Å². The normalized spacial score (nSPS) is 26.6. The summed E-state index contributed by atoms with van der Waals surface area (Å²) in [5, 5.41) is 8.60. The van der Waals surface area contributed by atoms with E-state index in [0.717, 1.165) is 51.5 Å². The topological polar surface area (TPSA) is 78.7 Å². The van der Waals surface area contributed by atoms with Crippen LogP contribution in [-0.4, -0.2) is 59.1 Å². The summed E-state index contributed by atoms with van der Waals surface area (Å²) < 4.78 is 22.6. The van der Waals surface area contributed by atoms with E-state index >= 15 is 0 Å². The predicted molar refractivity (Wildman–Crippen MR) is 92.1 cm³/mol. The van der Waals surface area contributed by atoms with Crippen LogP contribution in [0.1, 0.15) is 13.3 Å². The van der Waals surface area contributed by atoms with E-state index in [1.165, 1.54) is 6.42 Å². The van der Waals surface area contributed by atoms with Gasteiger partial charge in [0.15, 0.2) is 0 Å². The fraction of sp³-hybridized carbons (Fsp3) is 0.625. The molecule has 23 heavy (non-hydrogen) atoms. The molecule has 128 valence electrons. The average Bonchev–Trinajstić information content (AvgIpc) is 2.94. The van der Waals surface area contributed by atoms with Crippen molar-refractivity contribution in [2.24, 2.45) is 10.6 Å². The van der Waals surface area contributed by atoms with Gasteiger partial charge in [0.05, 0.1) is 4.90 Å². The highest BCUT2D eigenvalue weighted by Gasteiger charge is 2.31. The molecular formula is C16H26N4O2S. The molecule has 2 aliphatic heterocycles. The van der Waals surface area contributed by atoms with Crippen LogP contribution in [0.5, 0.6) is 0 Å². The van der Waals surface area contributed by atoms with Crippen molar-refractivity contribution in [3.63, 3.8) is 0 Å². The molecule has 0 aromatic heterocycles. The number of anilines is 1. The third-order valence-corrected chi connectivity index (χ3v) is 5.89. The first-order valence-corrected chi connectivity index (χ1v) is 9.71. The van der Waals surface area contributed by atoms with Crippen molar-refractivity contribution in [3.05, 3.63) is 24.3 Å². The van der Waals surface area contributed by atoms with Crippen LogP contribution < -0.4 is 15.4 Å². The zero-order valence-corrected chi connectivity index (χ0v) is 14.5. The molecule has 0 spiro atoms. The Labute approximate surface area is 138 Å². The fourth-order valence-corrected chi connectivity index (χ4v) is 4.07. The number of hydrogen-bond donors (Lipinski definition) is 2. The van der Waals surface area contributed by atoms with Crippen molar-refractivity contribution >= 4 is 15.7 Å². The van der Waals surface area contributed by atoms with E-state index in [0.29, 0.717) is 5.41 Å². The van der Waals surface area contributed by atoms with E-state index in [4.69, 9.17) is 5.14 Å². The number of nitrogens with one attached hydrogen (secondary N) is 1. The molecule has 2 aliphatic rings. The maximum Gasteiger partial charge on any atom is 0.238 e. The van der Waals surface area contributed by atoms with Crippen molar-refractivity contribution in [2.45, 2.75) is 18.2 Å². The van der Waals surface area contributed by atoms with Gasteiger partial charge in [-0.25, -0.2) is 13.6 Å². The van der Waals surface area contributed by atoms with Crippen molar-refractivity contribution in [2.75, 3.05) is 50.7 Å². The molecule has 0 aliphatic carbocycles. The monoisotopic (exact) mass is 338 g/mol. The second kappa shape index (κ2) is 6.39. The summed E-state index contributed by atoms with van der Waals surface area (Å²) in [5.74, 6) is 0. The molecule has 1 aromatic rings. The Morgan fingerprint density at radius 3 is 2.35 bits per heavy atom. The highest BCUT2D eigenvalue weighted by molar-refractivity contribution is 7.89. The van der Waals surface area contributed by atoms with Gasteiger partial charge in [-0.15, -0.1) is 0 Å². The Morgan fingerprint density at radius 2 is 1.83 bits per heavy atom. The Balaban J connectivity index is 1.56. The van der Waals surface area contributed by atoms with Gasteiger partial charge >= 0.3 is 0 Å². The predicted octanol–water partition coefficient (Wildman–Crippen LogP) is 0.456. The molecule has 1 aromatic carbocycles. The maximum atomic E-state index is 11.3. The second-order valence-corrected chi connectivity index (χ2v) is 8.60. The largest absolute Gasteiger partial charge is 0.369 e. The van der Waals surface area contributed by atoms with Crippen molar-refractivity contribution in [1.82, 2.24) is 10.2 Å². The quantitative estimate of drug-likeness (QED) is 0.834. The van der Waals surface area contributed by atoms with Gasteiger partial charge in [0.1, 0.15) is 0 Å². The fourth-order valence-electron chi connectivity index (χ4n) is 3.55. The summed E-state index contributed by atoms with van der Waals surface area (Å²) in [7, 11) is -3.61. The highest BCUT2D eigenvalue weighted by atomic mass is 32.2. The number of primary sulfonamides is 1. The molecule has 1 atom stereocenters. The summed E-state index contributed by atoms with van der Waals surface area (Å²) in [6.45, 7) is 9.80. The summed E-state index contributed by atoms with van der Waals surface area (Å²) in [6, 6.07) is 6.86. The van der Waals surface area contributed by atoms with Crippen LogP contribution in [0.4, 0.5) is 5.69 Å². The molecule has 6 nitrogen and oxygen atoms in total. The molecular weight excluding hydrogens is 312 g/mol. The molecule has 2 heterocycles. The van der Waals surface area contributed by atoms with Crippen molar-refractivity contribution < 1.29 is 8.42 Å². The lowest BCUT2D eigenvalue weighted by Crippen LogP contribution is -2.49. The van der Waals surface area contributed by atoms with Crippen LogP contribution in [0.15, 0.2) is 29.2 Å². The number of benzene rings is 1. The van der Waals surface area contributed by atoms with Crippen LogP contribution in [0.2, 0.25) is 0 Å².